The van der Waals surface area contributed by atoms with Crippen molar-refractivity contribution in [3.8, 4) is 5.75 Å². The Morgan fingerprint density at radius 3 is 2.18 bits per heavy atom. The van der Waals surface area contributed by atoms with E-state index < -0.39 is 0 Å². The highest BCUT2D eigenvalue weighted by atomic mass is 79.9. The van der Waals surface area contributed by atoms with Crippen molar-refractivity contribution in [1.82, 2.24) is 0 Å². The van der Waals surface area contributed by atoms with Crippen LogP contribution in [-0.4, -0.2) is 7.11 Å². The molecule has 88 valence electrons. The second kappa shape index (κ2) is 6.38. The molecule has 2 aromatic carbocycles. The predicted octanol–water partition coefficient (Wildman–Crippen LogP) is 5.26. The highest BCUT2D eigenvalue weighted by Crippen LogP contribution is 2.43. The second-order valence-electron chi connectivity index (χ2n) is 3.25. The Labute approximate surface area is 117 Å². The van der Waals surface area contributed by atoms with Crippen LogP contribution in [0, 0.1) is 0 Å². The Hall–Kier alpha value is -0.580. The Kier molecular flexibility index (Phi) is 4.83. The molecule has 2 rings (SSSR count). The highest BCUT2D eigenvalue weighted by molar-refractivity contribution is 9.10. The number of hydrogen-bond acceptors (Lipinski definition) is 3. The van der Waals surface area contributed by atoms with Crippen molar-refractivity contribution in [3.63, 3.8) is 0 Å². The maximum Gasteiger partial charge on any atom is 0.133 e. The van der Waals surface area contributed by atoms with Gasteiger partial charge in [0.25, 0.3) is 0 Å². The molecule has 0 saturated heterocycles. The lowest BCUT2D eigenvalue weighted by Gasteiger charge is -2.07. The first-order chi connectivity index (χ1) is 8.31. The lowest BCUT2D eigenvalue weighted by molar-refractivity contribution is 0.405. The first-order valence-corrected chi connectivity index (χ1v) is 7.97. The number of methoxy groups -OCH3 is 1. The van der Waals surface area contributed by atoms with E-state index in [1.807, 2.05) is 36.4 Å². The van der Waals surface area contributed by atoms with Crippen molar-refractivity contribution in [1.29, 1.82) is 0 Å². The molecule has 0 aliphatic carbocycles. The van der Waals surface area contributed by atoms with E-state index in [1.54, 1.807) is 28.7 Å². The van der Waals surface area contributed by atoms with Gasteiger partial charge in [-0.1, -0.05) is 35.1 Å². The van der Waals surface area contributed by atoms with Gasteiger partial charge in [0.2, 0.25) is 0 Å². The lowest BCUT2D eigenvalue weighted by atomic mass is 10.3. The summed E-state index contributed by atoms with van der Waals surface area (Å²) in [6, 6.07) is 16.2. The number of hydrogen-bond donors (Lipinski definition) is 0. The minimum atomic E-state index is 0.914. The van der Waals surface area contributed by atoms with Gasteiger partial charge < -0.3 is 4.74 Å². The van der Waals surface area contributed by atoms with Gasteiger partial charge >= 0.3 is 0 Å². The molecule has 0 N–H and O–H groups in total. The molecule has 0 spiro atoms. The van der Waals surface area contributed by atoms with Crippen molar-refractivity contribution in [2.24, 2.45) is 0 Å². The highest BCUT2D eigenvalue weighted by Gasteiger charge is 2.05. The van der Waals surface area contributed by atoms with Crippen molar-refractivity contribution in [3.05, 3.63) is 53.0 Å². The average Bonchev–Trinajstić information content (AvgIpc) is 2.38. The molecular formula is C13H11BrOS2. The maximum atomic E-state index is 5.32. The fourth-order valence-electron chi connectivity index (χ4n) is 1.29. The van der Waals surface area contributed by atoms with Gasteiger partial charge in [-0.05, 0) is 51.0 Å². The van der Waals surface area contributed by atoms with Crippen molar-refractivity contribution in [2.45, 2.75) is 9.79 Å². The smallest absolute Gasteiger partial charge is 0.133 e. The molecule has 0 atom stereocenters. The summed E-state index contributed by atoms with van der Waals surface area (Å²) in [5.74, 6) is 0.914. The molecule has 0 saturated carbocycles. The Bertz CT molecular complexity index is 502. The van der Waals surface area contributed by atoms with Crippen LogP contribution in [0.15, 0.2) is 62.8 Å². The Morgan fingerprint density at radius 2 is 1.47 bits per heavy atom. The van der Waals surface area contributed by atoms with E-state index in [0.717, 1.165) is 15.1 Å². The molecular weight excluding hydrogens is 316 g/mol. The molecule has 0 radical (unpaired) electrons. The van der Waals surface area contributed by atoms with E-state index in [9.17, 15) is 0 Å². The summed E-state index contributed by atoms with van der Waals surface area (Å²) >= 11 is 3.54. The molecule has 0 unspecified atom stereocenters. The van der Waals surface area contributed by atoms with Gasteiger partial charge in [0.1, 0.15) is 5.75 Å². The van der Waals surface area contributed by atoms with Crippen LogP contribution in [-0.2, 0) is 0 Å². The normalized spacial score (nSPS) is 10.2. The van der Waals surface area contributed by atoms with Crippen molar-refractivity contribution in [2.75, 3.05) is 7.11 Å². The maximum absolute atomic E-state index is 5.32. The van der Waals surface area contributed by atoms with Crippen molar-refractivity contribution >= 4 is 37.5 Å². The zero-order valence-electron chi connectivity index (χ0n) is 9.22. The van der Waals surface area contributed by atoms with Crippen LogP contribution >= 0.6 is 37.5 Å². The molecule has 0 amide bonds. The summed E-state index contributed by atoms with van der Waals surface area (Å²) < 4.78 is 6.44. The zero-order valence-corrected chi connectivity index (χ0v) is 12.4. The topological polar surface area (TPSA) is 9.23 Å². The summed E-state index contributed by atoms with van der Waals surface area (Å²) in [4.78, 5) is 2.35. The molecule has 4 heteroatoms. The molecule has 0 aromatic heterocycles. The summed E-state index contributed by atoms with van der Waals surface area (Å²) in [6.07, 6.45) is 0. The third-order valence-electron chi connectivity index (χ3n) is 2.13. The van der Waals surface area contributed by atoms with Gasteiger partial charge in [0.05, 0.1) is 12.0 Å². The number of ether oxygens (including phenoxy) is 1. The fraction of sp³-hybridized carbons (Fsp3) is 0.0769. The van der Waals surface area contributed by atoms with Crippen LogP contribution in [0.3, 0.4) is 0 Å². The van der Waals surface area contributed by atoms with Gasteiger partial charge in [-0.2, -0.15) is 0 Å². The van der Waals surface area contributed by atoms with E-state index in [-0.39, 0.29) is 0 Å². The minimum absolute atomic E-state index is 0.914. The molecule has 0 aliphatic rings. The molecule has 0 heterocycles. The first kappa shape index (κ1) is 12.9. The summed E-state index contributed by atoms with van der Waals surface area (Å²) in [7, 11) is 5.12. The standard InChI is InChI=1S/C13H11BrOS2/c1-15-11-7-3-5-9-13(11)17-16-12-8-4-2-6-10(12)14/h2-9H,1H3. The minimum Gasteiger partial charge on any atom is -0.496 e. The molecule has 0 fully saturated rings. The van der Waals surface area contributed by atoms with Crippen LogP contribution in [0.2, 0.25) is 0 Å². The lowest BCUT2D eigenvalue weighted by Crippen LogP contribution is -1.83. The van der Waals surface area contributed by atoms with Gasteiger partial charge in [-0.3, -0.25) is 0 Å². The molecule has 0 bridgehead atoms. The predicted molar refractivity (Wildman–Crippen MR) is 78.9 cm³/mol. The molecule has 0 aliphatic heterocycles. The number of benzene rings is 2. The number of rotatable bonds is 4. The van der Waals surface area contributed by atoms with Crippen LogP contribution in [0.1, 0.15) is 0 Å². The van der Waals surface area contributed by atoms with E-state index in [1.165, 1.54) is 4.90 Å². The van der Waals surface area contributed by atoms with Crippen molar-refractivity contribution < 1.29 is 4.74 Å². The fourth-order valence-corrected chi connectivity index (χ4v) is 4.36. The summed E-state index contributed by atoms with van der Waals surface area (Å²) in [5.41, 5.74) is 0. The Morgan fingerprint density at radius 1 is 0.882 bits per heavy atom. The van der Waals surface area contributed by atoms with Crippen LogP contribution < -0.4 is 4.74 Å². The van der Waals surface area contributed by atoms with Gasteiger partial charge in [0, 0.05) is 9.37 Å². The number of para-hydroxylation sites is 1. The van der Waals surface area contributed by atoms with Gasteiger partial charge in [-0.25, -0.2) is 0 Å². The van der Waals surface area contributed by atoms with Gasteiger partial charge in [-0.15, -0.1) is 0 Å². The second-order valence-corrected chi connectivity index (χ2v) is 6.32. The van der Waals surface area contributed by atoms with Crippen LogP contribution in [0.25, 0.3) is 0 Å². The molecule has 1 nitrogen and oxygen atoms in total. The number of halogens is 1. The SMILES string of the molecule is COc1ccccc1SSc1ccccc1Br. The van der Waals surface area contributed by atoms with Crippen LogP contribution in [0.4, 0.5) is 0 Å². The van der Waals surface area contributed by atoms with Gasteiger partial charge in [0.15, 0.2) is 0 Å². The third-order valence-corrected chi connectivity index (χ3v) is 5.54. The largest absolute Gasteiger partial charge is 0.496 e. The molecule has 2 aromatic rings. The Balaban J connectivity index is 2.10. The quantitative estimate of drug-likeness (QED) is 0.709. The van der Waals surface area contributed by atoms with E-state index in [4.69, 9.17) is 4.74 Å². The monoisotopic (exact) mass is 326 g/mol. The first-order valence-electron chi connectivity index (χ1n) is 5.03. The molecule has 17 heavy (non-hydrogen) atoms. The average molecular weight is 327 g/mol. The third kappa shape index (κ3) is 3.44. The van der Waals surface area contributed by atoms with Crippen LogP contribution in [0.5, 0.6) is 5.75 Å². The summed E-state index contributed by atoms with van der Waals surface area (Å²) in [6.45, 7) is 0. The van der Waals surface area contributed by atoms with E-state index >= 15 is 0 Å². The summed E-state index contributed by atoms with van der Waals surface area (Å²) in [5, 5.41) is 0. The van der Waals surface area contributed by atoms with E-state index in [2.05, 4.69) is 28.1 Å². The zero-order chi connectivity index (χ0) is 12.1. The van der Waals surface area contributed by atoms with E-state index in [0.29, 0.717) is 0 Å².